The Morgan fingerprint density at radius 3 is 2.41 bits per heavy atom. The average Bonchev–Trinajstić information content (AvgIpc) is 2.69. The molecule has 0 unspecified atom stereocenters. The first kappa shape index (κ1) is 18.1. The summed E-state index contributed by atoms with van der Waals surface area (Å²) in [5.74, 6) is 0.597. The summed E-state index contributed by atoms with van der Waals surface area (Å²) in [6, 6.07) is 23.4. The second-order valence-corrected chi connectivity index (χ2v) is 8.15. The van der Waals surface area contributed by atoms with Gasteiger partial charge in [-0.15, -0.1) is 0 Å². The van der Waals surface area contributed by atoms with Crippen LogP contribution in [0.2, 0.25) is 0 Å². The summed E-state index contributed by atoms with van der Waals surface area (Å²) in [5, 5.41) is 0.613. The molecule has 4 rings (SSSR count). The van der Waals surface area contributed by atoms with E-state index in [0.717, 1.165) is 19.3 Å². The van der Waals surface area contributed by atoms with Crippen LogP contribution < -0.4 is 5.56 Å². The van der Waals surface area contributed by atoms with Gasteiger partial charge in [-0.25, -0.2) is 4.98 Å². The fourth-order valence-corrected chi connectivity index (χ4v) is 3.62. The Morgan fingerprint density at radius 2 is 1.67 bits per heavy atom. The van der Waals surface area contributed by atoms with Gasteiger partial charge < -0.3 is 0 Å². The van der Waals surface area contributed by atoms with Gasteiger partial charge in [-0.1, -0.05) is 52.3 Å². The fraction of sp³-hybridized carbons (Fsp3) is 0. The molecule has 0 amide bonds. The van der Waals surface area contributed by atoms with Crippen molar-refractivity contribution in [2.45, 2.75) is 0 Å². The van der Waals surface area contributed by atoms with Crippen molar-refractivity contribution in [3.63, 3.8) is 0 Å². The van der Waals surface area contributed by atoms with Crippen LogP contribution >= 0.6 is 38.5 Å². The van der Waals surface area contributed by atoms with Crippen LogP contribution in [0.5, 0.6) is 0 Å². The van der Waals surface area contributed by atoms with Crippen LogP contribution in [0.15, 0.2) is 82.1 Å². The van der Waals surface area contributed by atoms with Crippen LogP contribution in [-0.2, 0) is 0 Å². The van der Waals surface area contributed by atoms with E-state index >= 15 is 0 Å². The van der Waals surface area contributed by atoms with Crippen molar-refractivity contribution in [1.29, 1.82) is 0 Å². The maximum atomic E-state index is 13.3. The lowest BCUT2D eigenvalue weighted by Gasteiger charge is -2.12. The predicted molar refractivity (Wildman–Crippen MR) is 123 cm³/mol. The number of nitrogens with zero attached hydrogens (tertiary/aromatic N) is 2. The van der Waals surface area contributed by atoms with E-state index in [1.807, 2.05) is 84.9 Å². The largest absolute Gasteiger partial charge is 0.268 e. The van der Waals surface area contributed by atoms with Crippen molar-refractivity contribution in [2.24, 2.45) is 0 Å². The minimum Gasteiger partial charge on any atom is -0.268 e. The van der Waals surface area contributed by atoms with E-state index in [1.54, 1.807) is 4.57 Å². The Hall–Kier alpha value is -2.25. The van der Waals surface area contributed by atoms with E-state index in [1.165, 1.54) is 0 Å². The van der Waals surface area contributed by atoms with Gasteiger partial charge in [0.2, 0.25) is 0 Å². The van der Waals surface area contributed by atoms with Crippen molar-refractivity contribution < 1.29 is 0 Å². The molecule has 0 aliphatic heterocycles. The van der Waals surface area contributed by atoms with Crippen molar-refractivity contribution in [3.05, 3.63) is 103 Å². The predicted octanol–water partition coefficient (Wildman–Crippen LogP) is 5.92. The lowest BCUT2D eigenvalue weighted by Crippen LogP contribution is -2.22. The molecule has 0 saturated heterocycles. The molecular formula is C22H14BrIN2O. The number of fused-ring (bicyclic) bond motifs is 1. The first-order valence-electron chi connectivity index (χ1n) is 8.33. The smallest absolute Gasteiger partial charge is 0.266 e. The summed E-state index contributed by atoms with van der Waals surface area (Å²) in [7, 11) is 0. The molecule has 3 nitrogen and oxygen atoms in total. The highest BCUT2D eigenvalue weighted by molar-refractivity contribution is 14.1. The molecule has 0 atom stereocenters. The van der Waals surface area contributed by atoms with Crippen molar-refractivity contribution >= 4 is 61.6 Å². The van der Waals surface area contributed by atoms with Crippen molar-refractivity contribution in [3.8, 4) is 5.69 Å². The Morgan fingerprint density at radius 1 is 0.926 bits per heavy atom. The van der Waals surface area contributed by atoms with Gasteiger partial charge in [0.25, 0.3) is 5.56 Å². The highest BCUT2D eigenvalue weighted by Gasteiger charge is 2.11. The molecule has 3 aromatic carbocycles. The maximum absolute atomic E-state index is 13.3. The van der Waals surface area contributed by atoms with Gasteiger partial charge in [-0.05, 0) is 76.7 Å². The minimum absolute atomic E-state index is 0.0754. The third kappa shape index (κ3) is 3.89. The lowest BCUT2D eigenvalue weighted by molar-refractivity contribution is 0.943. The molecule has 4 aromatic rings. The monoisotopic (exact) mass is 528 g/mol. The number of aromatic nitrogens is 2. The number of rotatable bonds is 3. The van der Waals surface area contributed by atoms with Crippen LogP contribution in [0.3, 0.4) is 0 Å². The van der Waals surface area contributed by atoms with Crippen LogP contribution in [0.1, 0.15) is 11.4 Å². The molecular weight excluding hydrogens is 515 g/mol. The quantitative estimate of drug-likeness (QED) is 0.309. The molecule has 0 bridgehead atoms. The Bertz CT molecular complexity index is 1200. The molecule has 1 heterocycles. The Balaban J connectivity index is 1.96. The van der Waals surface area contributed by atoms with Crippen molar-refractivity contribution in [2.75, 3.05) is 0 Å². The number of hydrogen-bond donors (Lipinski definition) is 0. The van der Waals surface area contributed by atoms with Gasteiger partial charge in [-0.3, -0.25) is 9.36 Å². The van der Waals surface area contributed by atoms with Crippen LogP contribution in [0, 0.1) is 3.57 Å². The Kier molecular flexibility index (Phi) is 5.22. The maximum Gasteiger partial charge on any atom is 0.266 e. The first-order valence-corrected chi connectivity index (χ1v) is 10.2. The minimum atomic E-state index is -0.0754. The first-order chi connectivity index (χ1) is 13.1. The van der Waals surface area contributed by atoms with Crippen LogP contribution in [-0.4, -0.2) is 9.55 Å². The van der Waals surface area contributed by atoms with E-state index in [4.69, 9.17) is 4.98 Å². The summed E-state index contributed by atoms with van der Waals surface area (Å²) in [6.07, 6.45) is 3.85. The van der Waals surface area contributed by atoms with Gasteiger partial charge in [0, 0.05) is 8.04 Å². The van der Waals surface area contributed by atoms with Gasteiger partial charge >= 0.3 is 0 Å². The van der Waals surface area contributed by atoms with Gasteiger partial charge in [0.1, 0.15) is 5.82 Å². The fourth-order valence-electron chi connectivity index (χ4n) is 2.86. The zero-order valence-electron chi connectivity index (χ0n) is 14.1. The summed E-state index contributed by atoms with van der Waals surface area (Å²) >= 11 is 5.66. The van der Waals surface area contributed by atoms with Crippen LogP contribution in [0.25, 0.3) is 28.7 Å². The SMILES string of the molecule is O=c1c2cc(I)ccc2nc(C=Cc2ccccc2)n1-c1ccc(Br)cc1. The summed E-state index contributed by atoms with van der Waals surface area (Å²) in [4.78, 5) is 18.0. The second kappa shape index (κ2) is 7.78. The van der Waals surface area contributed by atoms with Crippen molar-refractivity contribution in [1.82, 2.24) is 9.55 Å². The van der Waals surface area contributed by atoms with Crippen LogP contribution in [0.4, 0.5) is 0 Å². The molecule has 0 radical (unpaired) electrons. The van der Waals surface area contributed by atoms with E-state index in [2.05, 4.69) is 38.5 Å². The van der Waals surface area contributed by atoms with Gasteiger partial charge in [0.15, 0.2) is 0 Å². The summed E-state index contributed by atoms with van der Waals surface area (Å²) < 4.78 is 3.63. The molecule has 132 valence electrons. The van der Waals surface area contributed by atoms with E-state index < -0.39 is 0 Å². The van der Waals surface area contributed by atoms with E-state index in [9.17, 15) is 4.79 Å². The third-order valence-electron chi connectivity index (χ3n) is 4.17. The molecule has 0 saturated carbocycles. The normalized spacial score (nSPS) is 11.3. The number of hydrogen-bond acceptors (Lipinski definition) is 2. The number of halogens is 2. The highest BCUT2D eigenvalue weighted by Crippen LogP contribution is 2.19. The summed E-state index contributed by atoms with van der Waals surface area (Å²) in [6.45, 7) is 0. The molecule has 5 heteroatoms. The molecule has 0 aliphatic carbocycles. The molecule has 1 aromatic heterocycles. The van der Waals surface area contributed by atoms with Gasteiger partial charge in [-0.2, -0.15) is 0 Å². The highest BCUT2D eigenvalue weighted by atomic mass is 127. The molecule has 0 fully saturated rings. The summed E-state index contributed by atoms with van der Waals surface area (Å²) in [5.41, 5.74) is 2.45. The molecule has 0 aliphatic rings. The topological polar surface area (TPSA) is 34.9 Å². The van der Waals surface area contributed by atoms with E-state index in [-0.39, 0.29) is 5.56 Å². The molecule has 0 N–H and O–H groups in total. The standard InChI is InChI=1S/C22H14BrIN2O/c23-16-7-10-18(11-8-16)26-21(13-6-15-4-2-1-3-5-15)25-20-12-9-17(24)14-19(20)22(26)27/h1-14H. The third-order valence-corrected chi connectivity index (χ3v) is 5.37. The average molecular weight is 529 g/mol. The number of benzene rings is 3. The molecule has 0 spiro atoms. The zero-order valence-corrected chi connectivity index (χ0v) is 17.9. The van der Waals surface area contributed by atoms with Gasteiger partial charge in [0.05, 0.1) is 16.6 Å². The second-order valence-electron chi connectivity index (χ2n) is 5.99. The Labute approximate surface area is 178 Å². The molecule has 27 heavy (non-hydrogen) atoms. The lowest BCUT2D eigenvalue weighted by atomic mass is 10.2. The van der Waals surface area contributed by atoms with E-state index in [0.29, 0.717) is 16.7 Å². The zero-order chi connectivity index (χ0) is 18.8.